The number of nitrogens with zero attached hydrogens (tertiary/aromatic N) is 4. The van der Waals surface area contributed by atoms with Crippen LogP contribution in [-0.2, 0) is 6.42 Å². The van der Waals surface area contributed by atoms with Crippen molar-refractivity contribution in [2.75, 3.05) is 5.88 Å². The second-order valence-corrected chi connectivity index (χ2v) is 4.52. The van der Waals surface area contributed by atoms with Crippen molar-refractivity contribution in [2.24, 2.45) is 0 Å². The van der Waals surface area contributed by atoms with Gasteiger partial charge in [-0.25, -0.2) is 4.68 Å². The number of aromatic nitrogens is 3. The molecule has 7 heteroatoms. The van der Waals surface area contributed by atoms with E-state index >= 15 is 0 Å². The summed E-state index contributed by atoms with van der Waals surface area (Å²) in [5.41, 5.74) is 2.03. The van der Waals surface area contributed by atoms with Crippen molar-refractivity contribution in [1.82, 2.24) is 15.0 Å². The molecule has 1 heterocycles. The summed E-state index contributed by atoms with van der Waals surface area (Å²) < 4.78 is 1.46. The minimum Gasteiger partial charge on any atom is -0.258 e. The zero-order valence-electron chi connectivity index (χ0n) is 10.4. The SMILES string of the molecule is Cc1cccc([N+](=O)[O-])c1-n1cc(CCCCl)nn1. The van der Waals surface area contributed by atoms with Gasteiger partial charge in [-0.2, -0.15) is 0 Å². The Morgan fingerprint density at radius 2 is 2.26 bits per heavy atom. The highest BCUT2D eigenvalue weighted by Gasteiger charge is 2.18. The average Bonchev–Trinajstić information content (AvgIpc) is 2.84. The molecule has 0 amide bonds. The zero-order chi connectivity index (χ0) is 13.8. The highest BCUT2D eigenvalue weighted by Crippen LogP contribution is 2.25. The third-order valence-corrected chi connectivity index (χ3v) is 3.02. The quantitative estimate of drug-likeness (QED) is 0.479. The van der Waals surface area contributed by atoms with Gasteiger partial charge in [0.2, 0.25) is 0 Å². The largest absolute Gasteiger partial charge is 0.295 e. The van der Waals surface area contributed by atoms with Gasteiger partial charge in [-0.05, 0) is 25.3 Å². The lowest BCUT2D eigenvalue weighted by atomic mass is 10.1. The van der Waals surface area contributed by atoms with Crippen LogP contribution in [-0.4, -0.2) is 25.8 Å². The number of hydrogen-bond donors (Lipinski definition) is 0. The molecule has 0 saturated heterocycles. The van der Waals surface area contributed by atoms with E-state index in [1.165, 1.54) is 10.7 Å². The van der Waals surface area contributed by atoms with Gasteiger partial charge in [-0.3, -0.25) is 10.1 Å². The maximum Gasteiger partial charge on any atom is 0.295 e. The molecule has 6 nitrogen and oxygen atoms in total. The van der Waals surface area contributed by atoms with Gasteiger partial charge in [0, 0.05) is 11.9 Å². The highest BCUT2D eigenvalue weighted by molar-refractivity contribution is 6.17. The summed E-state index contributed by atoms with van der Waals surface area (Å²) in [6, 6.07) is 4.92. The molecule has 0 aliphatic carbocycles. The number of nitro groups is 1. The molecule has 2 rings (SSSR count). The second-order valence-electron chi connectivity index (χ2n) is 4.15. The van der Waals surface area contributed by atoms with Gasteiger partial charge in [-0.15, -0.1) is 16.7 Å². The van der Waals surface area contributed by atoms with E-state index in [9.17, 15) is 10.1 Å². The van der Waals surface area contributed by atoms with E-state index in [-0.39, 0.29) is 5.69 Å². The molecule has 1 aromatic heterocycles. The Kier molecular flexibility index (Phi) is 4.11. The first kappa shape index (κ1) is 13.5. The van der Waals surface area contributed by atoms with Gasteiger partial charge >= 0.3 is 0 Å². The molecule has 100 valence electrons. The lowest BCUT2D eigenvalue weighted by Crippen LogP contribution is -2.03. The Labute approximate surface area is 115 Å². The summed E-state index contributed by atoms with van der Waals surface area (Å²) in [7, 11) is 0. The minimum absolute atomic E-state index is 0.0220. The van der Waals surface area contributed by atoms with E-state index in [0.717, 1.165) is 17.7 Å². The molecule has 0 fully saturated rings. The average molecular weight is 281 g/mol. The predicted octanol–water partition coefficient (Wildman–Crippen LogP) is 2.66. The van der Waals surface area contributed by atoms with E-state index in [1.807, 2.05) is 13.0 Å². The van der Waals surface area contributed by atoms with E-state index in [4.69, 9.17) is 11.6 Å². The van der Waals surface area contributed by atoms with Crippen LogP contribution < -0.4 is 0 Å². The molecular weight excluding hydrogens is 268 g/mol. The Morgan fingerprint density at radius 1 is 1.47 bits per heavy atom. The molecule has 0 aliphatic rings. The van der Waals surface area contributed by atoms with Crippen molar-refractivity contribution in [1.29, 1.82) is 0 Å². The fourth-order valence-corrected chi connectivity index (χ4v) is 1.99. The Morgan fingerprint density at radius 3 is 2.95 bits per heavy atom. The van der Waals surface area contributed by atoms with Crippen LogP contribution in [0.4, 0.5) is 5.69 Å². The van der Waals surface area contributed by atoms with Crippen LogP contribution in [0.3, 0.4) is 0 Å². The summed E-state index contributed by atoms with van der Waals surface area (Å²) in [6.45, 7) is 1.81. The van der Waals surface area contributed by atoms with Crippen LogP contribution in [0.1, 0.15) is 17.7 Å². The third kappa shape index (κ3) is 2.90. The number of alkyl halides is 1. The molecule has 0 radical (unpaired) electrons. The van der Waals surface area contributed by atoms with Crippen LogP contribution >= 0.6 is 11.6 Å². The summed E-state index contributed by atoms with van der Waals surface area (Å²) >= 11 is 5.62. The molecular formula is C12H13ClN4O2. The monoisotopic (exact) mass is 280 g/mol. The fraction of sp³-hybridized carbons (Fsp3) is 0.333. The van der Waals surface area contributed by atoms with Crippen molar-refractivity contribution in [2.45, 2.75) is 19.8 Å². The highest BCUT2D eigenvalue weighted by atomic mass is 35.5. The van der Waals surface area contributed by atoms with Crippen LogP contribution in [0, 0.1) is 17.0 Å². The van der Waals surface area contributed by atoms with Gasteiger partial charge in [0.05, 0.1) is 16.8 Å². The molecule has 0 bridgehead atoms. The summed E-state index contributed by atoms with van der Waals surface area (Å²) in [6.07, 6.45) is 3.22. The number of aryl methyl sites for hydroxylation is 2. The first-order valence-electron chi connectivity index (χ1n) is 5.85. The van der Waals surface area contributed by atoms with Crippen molar-refractivity contribution in [3.05, 3.63) is 45.8 Å². The fourth-order valence-electron chi connectivity index (χ4n) is 1.86. The third-order valence-electron chi connectivity index (χ3n) is 2.75. The van der Waals surface area contributed by atoms with Crippen molar-refractivity contribution < 1.29 is 4.92 Å². The number of nitro benzene ring substituents is 1. The molecule has 0 aliphatic heterocycles. The maximum atomic E-state index is 11.1. The Balaban J connectivity index is 2.41. The zero-order valence-corrected chi connectivity index (χ0v) is 11.2. The summed E-state index contributed by atoms with van der Waals surface area (Å²) in [4.78, 5) is 10.6. The number of rotatable bonds is 5. The molecule has 2 aromatic rings. The Hall–Kier alpha value is -1.95. The summed E-state index contributed by atoms with van der Waals surface area (Å²) in [5.74, 6) is 0.553. The van der Waals surface area contributed by atoms with Crippen LogP contribution in [0.25, 0.3) is 5.69 Å². The molecule has 0 spiro atoms. The van der Waals surface area contributed by atoms with E-state index in [0.29, 0.717) is 18.0 Å². The van der Waals surface area contributed by atoms with Crippen LogP contribution in [0.5, 0.6) is 0 Å². The molecule has 19 heavy (non-hydrogen) atoms. The first-order valence-corrected chi connectivity index (χ1v) is 6.38. The normalized spacial score (nSPS) is 10.6. The second kappa shape index (κ2) is 5.79. The van der Waals surface area contributed by atoms with Crippen molar-refractivity contribution in [3.8, 4) is 5.69 Å². The van der Waals surface area contributed by atoms with Crippen LogP contribution in [0.15, 0.2) is 24.4 Å². The van der Waals surface area contributed by atoms with Crippen molar-refractivity contribution >= 4 is 17.3 Å². The number of hydrogen-bond acceptors (Lipinski definition) is 4. The van der Waals surface area contributed by atoms with E-state index in [2.05, 4.69) is 10.3 Å². The first-order chi connectivity index (χ1) is 9.13. The number of para-hydroxylation sites is 1. The number of halogens is 1. The minimum atomic E-state index is -0.414. The molecule has 0 N–H and O–H groups in total. The van der Waals surface area contributed by atoms with Gasteiger partial charge in [0.25, 0.3) is 5.69 Å². The topological polar surface area (TPSA) is 73.8 Å². The maximum absolute atomic E-state index is 11.1. The molecule has 0 saturated carbocycles. The predicted molar refractivity (Wildman–Crippen MR) is 71.8 cm³/mol. The van der Waals surface area contributed by atoms with Crippen LogP contribution in [0.2, 0.25) is 0 Å². The van der Waals surface area contributed by atoms with E-state index in [1.54, 1.807) is 12.3 Å². The standard InChI is InChI=1S/C12H13ClN4O2/c1-9-4-2-6-11(17(18)19)12(9)16-8-10(14-15-16)5-3-7-13/h2,4,6,8H,3,5,7H2,1H3. The Bertz CT molecular complexity index is 597. The number of benzene rings is 1. The lowest BCUT2D eigenvalue weighted by molar-refractivity contribution is -0.384. The van der Waals surface area contributed by atoms with Gasteiger partial charge in [0.1, 0.15) is 5.69 Å². The smallest absolute Gasteiger partial charge is 0.258 e. The van der Waals surface area contributed by atoms with Gasteiger partial charge in [0.15, 0.2) is 0 Å². The van der Waals surface area contributed by atoms with E-state index < -0.39 is 4.92 Å². The summed E-state index contributed by atoms with van der Waals surface area (Å²) in [5, 5.41) is 19.0. The van der Waals surface area contributed by atoms with Crippen molar-refractivity contribution in [3.63, 3.8) is 0 Å². The lowest BCUT2D eigenvalue weighted by Gasteiger charge is -2.05. The molecule has 1 aromatic carbocycles. The molecule has 0 atom stereocenters. The van der Waals surface area contributed by atoms with Gasteiger partial charge in [-0.1, -0.05) is 17.3 Å². The molecule has 0 unspecified atom stereocenters. The van der Waals surface area contributed by atoms with Gasteiger partial charge < -0.3 is 0 Å².